The predicted octanol–water partition coefficient (Wildman–Crippen LogP) is 2.81. The molecule has 3 heteroatoms. The number of phenols is 1. The SMILES string of the molecule is COc1cc(C=CCBr)ccc1O. The van der Waals surface area contributed by atoms with E-state index in [2.05, 4.69) is 15.9 Å². The first-order chi connectivity index (χ1) is 6.27. The summed E-state index contributed by atoms with van der Waals surface area (Å²) >= 11 is 3.29. The number of methoxy groups -OCH3 is 1. The monoisotopic (exact) mass is 242 g/mol. The molecule has 0 heterocycles. The molecule has 2 nitrogen and oxygen atoms in total. The van der Waals surface area contributed by atoms with Gasteiger partial charge in [0.2, 0.25) is 0 Å². The van der Waals surface area contributed by atoms with E-state index in [9.17, 15) is 5.11 Å². The zero-order chi connectivity index (χ0) is 9.68. The van der Waals surface area contributed by atoms with Gasteiger partial charge in [-0.05, 0) is 17.7 Å². The Kier molecular flexibility index (Phi) is 3.83. The van der Waals surface area contributed by atoms with Crippen LogP contribution in [0.25, 0.3) is 6.08 Å². The average Bonchev–Trinajstić information content (AvgIpc) is 2.16. The Labute approximate surface area is 86.0 Å². The van der Waals surface area contributed by atoms with Crippen molar-refractivity contribution in [3.63, 3.8) is 0 Å². The summed E-state index contributed by atoms with van der Waals surface area (Å²) in [6, 6.07) is 5.23. The molecular formula is C10H11BrO2. The van der Waals surface area contributed by atoms with Crippen LogP contribution in [0.2, 0.25) is 0 Å². The topological polar surface area (TPSA) is 29.5 Å². The Morgan fingerprint density at radius 1 is 1.54 bits per heavy atom. The van der Waals surface area contributed by atoms with Crippen molar-refractivity contribution < 1.29 is 9.84 Å². The second kappa shape index (κ2) is 4.92. The van der Waals surface area contributed by atoms with Gasteiger partial charge in [-0.2, -0.15) is 0 Å². The molecule has 0 spiro atoms. The lowest BCUT2D eigenvalue weighted by Crippen LogP contribution is -1.84. The number of rotatable bonds is 3. The van der Waals surface area contributed by atoms with Crippen LogP contribution in [0.5, 0.6) is 11.5 Å². The second-order valence-corrected chi connectivity index (χ2v) is 3.14. The van der Waals surface area contributed by atoms with E-state index in [0.29, 0.717) is 5.75 Å². The molecule has 0 aliphatic carbocycles. The maximum atomic E-state index is 9.30. The molecule has 0 aliphatic rings. The van der Waals surface area contributed by atoms with Crippen molar-refractivity contribution in [1.29, 1.82) is 0 Å². The van der Waals surface area contributed by atoms with E-state index in [4.69, 9.17) is 4.74 Å². The molecule has 0 fully saturated rings. The van der Waals surface area contributed by atoms with Crippen LogP contribution in [0.3, 0.4) is 0 Å². The van der Waals surface area contributed by atoms with Crippen LogP contribution >= 0.6 is 15.9 Å². The number of aromatic hydroxyl groups is 1. The Morgan fingerprint density at radius 3 is 2.92 bits per heavy atom. The molecule has 0 aliphatic heterocycles. The van der Waals surface area contributed by atoms with Crippen molar-refractivity contribution in [3.05, 3.63) is 29.8 Å². The van der Waals surface area contributed by atoms with Gasteiger partial charge in [-0.3, -0.25) is 0 Å². The molecule has 13 heavy (non-hydrogen) atoms. The molecule has 0 saturated carbocycles. The largest absolute Gasteiger partial charge is 0.504 e. The highest BCUT2D eigenvalue weighted by Gasteiger charge is 1.99. The van der Waals surface area contributed by atoms with Crippen molar-refractivity contribution in [1.82, 2.24) is 0 Å². The minimum atomic E-state index is 0.165. The summed E-state index contributed by atoms with van der Waals surface area (Å²) in [5.74, 6) is 0.662. The van der Waals surface area contributed by atoms with Gasteiger partial charge >= 0.3 is 0 Å². The third-order valence-corrected chi connectivity index (χ3v) is 1.98. The predicted molar refractivity (Wildman–Crippen MR) is 57.5 cm³/mol. The lowest BCUT2D eigenvalue weighted by atomic mass is 10.2. The summed E-state index contributed by atoms with van der Waals surface area (Å²) in [7, 11) is 1.53. The molecule has 1 aromatic carbocycles. The fraction of sp³-hybridized carbons (Fsp3) is 0.200. The van der Waals surface area contributed by atoms with Crippen LogP contribution in [0, 0.1) is 0 Å². The van der Waals surface area contributed by atoms with Crippen LogP contribution in [0.4, 0.5) is 0 Å². The molecule has 70 valence electrons. The van der Waals surface area contributed by atoms with E-state index in [0.717, 1.165) is 10.9 Å². The van der Waals surface area contributed by atoms with Crippen molar-refractivity contribution >= 4 is 22.0 Å². The number of allylic oxidation sites excluding steroid dienone is 1. The highest BCUT2D eigenvalue weighted by molar-refractivity contribution is 9.09. The molecule has 0 unspecified atom stereocenters. The second-order valence-electron chi connectivity index (χ2n) is 2.49. The first kappa shape index (κ1) is 10.1. The van der Waals surface area contributed by atoms with Gasteiger partial charge in [-0.15, -0.1) is 0 Å². The Bertz CT molecular complexity index is 308. The molecule has 0 aromatic heterocycles. The molecule has 0 amide bonds. The lowest BCUT2D eigenvalue weighted by Gasteiger charge is -2.03. The zero-order valence-corrected chi connectivity index (χ0v) is 8.91. The smallest absolute Gasteiger partial charge is 0.161 e. The Hall–Kier alpha value is -0.960. The number of alkyl halides is 1. The van der Waals surface area contributed by atoms with Gasteiger partial charge in [0.15, 0.2) is 11.5 Å². The third kappa shape index (κ3) is 2.77. The van der Waals surface area contributed by atoms with Crippen LogP contribution in [0.15, 0.2) is 24.3 Å². The molecular weight excluding hydrogens is 232 g/mol. The standard InChI is InChI=1S/C10H11BrO2/c1-13-10-7-8(3-2-6-11)4-5-9(10)12/h2-5,7,12H,6H2,1H3. The van der Waals surface area contributed by atoms with Crippen molar-refractivity contribution in [2.24, 2.45) is 0 Å². The number of ether oxygens (including phenoxy) is 1. The summed E-state index contributed by atoms with van der Waals surface area (Å²) in [6.07, 6.45) is 3.93. The van der Waals surface area contributed by atoms with Gasteiger partial charge in [-0.1, -0.05) is 34.1 Å². The van der Waals surface area contributed by atoms with Gasteiger partial charge in [0.25, 0.3) is 0 Å². The van der Waals surface area contributed by atoms with Crippen LogP contribution in [0.1, 0.15) is 5.56 Å². The summed E-state index contributed by atoms with van der Waals surface area (Å²) in [6.45, 7) is 0. The van der Waals surface area contributed by atoms with Gasteiger partial charge in [-0.25, -0.2) is 0 Å². The Morgan fingerprint density at radius 2 is 2.31 bits per heavy atom. The van der Waals surface area contributed by atoms with Crippen molar-refractivity contribution in [3.8, 4) is 11.5 Å². The number of halogens is 1. The summed E-state index contributed by atoms with van der Waals surface area (Å²) < 4.78 is 4.97. The fourth-order valence-corrected chi connectivity index (χ4v) is 1.17. The van der Waals surface area contributed by atoms with E-state index >= 15 is 0 Å². The molecule has 1 N–H and O–H groups in total. The highest BCUT2D eigenvalue weighted by atomic mass is 79.9. The first-order valence-electron chi connectivity index (χ1n) is 3.87. The summed E-state index contributed by atoms with van der Waals surface area (Å²) in [5, 5.41) is 10.1. The van der Waals surface area contributed by atoms with Crippen LogP contribution < -0.4 is 4.74 Å². The highest BCUT2D eigenvalue weighted by Crippen LogP contribution is 2.26. The van der Waals surface area contributed by atoms with E-state index < -0.39 is 0 Å². The average molecular weight is 243 g/mol. The quantitative estimate of drug-likeness (QED) is 0.827. The minimum Gasteiger partial charge on any atom is -0.504 e. The van der Waals surface area contributed by atoms with Crippen LogP contribution in [-0.2, 0) is 0 Å². The number of benzene rings is 1. The summed E-state index contributed by atoms with van der Waals surface area (Å²) in [5.41, 5.74) is 1.01. The summed E-state index contributed by atoms with van der Waals surface area (Å²) in [4.78, 5) is 0. The van der Waals surface area contributed by atoms with Crippen molar-refractivity contribution in [2.75, 3.05) is 12.4 Å². The molecule has 1 rings (SSSR count). The van der Waals surface area contributed by atoms with Gasteiger partial charge in [0, 0.05) is 5.33 Å². The number of hydrogen-bond donors (Lipinski definition) is 1. The lowest BCUT2D eigenvalue weighted by molar-refractivity contribution is 0.373. The maximum absolute atomic E-state index is 9.30. The van der Waals surface area contributed by atoms with E-state index in [-0.39, 0.29) is 5.75 Å². The fourth-order valence-electron chi connectivity index (χ4n) is 0.979. The Balaban J connectivity index is 2.92. The molecule has 1 aromatic rings. The van der Waals surface area contributed by atoms with E-state index in [1.54, 1.807) is 12.1 Å². The molecule has 0 bridgehead atoms. The minimum absolute atomic E-state index is 0.165. The van der Waals surface area contributed by atoms with Gasteiger partial charge < -0.3 is 9.84 Å². The van der Waals surface area contributed by atoms with Crippen molar-refractivity contribution in [2.45, 2.75) is 0 Å². The third-order valence-electron chi connectivity index (χ3n) is 1.60. The first-order valence-corrected chi connectivity index (χ1v) is 4.99. The molecule has 0 radical (unpaired) electrons. The van der Waals surface area contributed by atoms with E-state index in [1.165, 1.54) is 7.11 Å². The maximum Gasteiger partial charge on any atom is 0.161 e. The zero-order valence-electron chi connectivity index (χ0n) is 7.33. The van der Waals surface area contributed by atoms with Crippen LogP contribution in [-0.4, -0.2) is 17.5 Å². The van der Waals surface area contributed by atoms with Gasteiger partial charge in [0.1, 0.15) is 0 Å². The number of hydrogen-bond acceptors (Lipinski definition) is 2. The normalized spacial score (nSPS) is 10.6. The molecule has 0 saturated heterocycles. The molecule has 0 atom stereocenters. The number of phenolic OH excluding ortho intramolecular Hbond substituents is 1. The van der Waals surface area contributed by atoms with Gasteiger partial charge in [0.05, 0.1) is 7.11 Å². The van der Waals surface area contributed by atoms with E-state index in [1.807, 2.05) is 18.2 Å².